The molecule has 0 spiro atoms. The number of hydrogen-bond donors (Lipinski definition) is 1. The van der Waals surface area contributed by atoms with E-state index in [1.807, 2.05) is 6.07 Å². The molecule has 1 fully saturated rings. The zero-order chi connectivity index (χ0) is 13.8. The van der Waals surface area contributed by atoms with Crippen LogP contribution in [0.25, 0.3) is 0 Å². The number of anilines is 1. The summed E-state index contributed by atoms with van der Waals surface area (Å²) in [6.45, 7) is 2.76. The summed E-state index contributed by atoms with van der Waals surface area (Å²) in [5.74, 6) is 0.496. The van der Waals surface area contributed by atoms with Crippen LogP contribution in [0.1, 0.15) is 12.0 Å². The van der Waals surface area contributed by atoms with Crippen LogP contribution in [-0.2, 0) is 0 Å². The van der Waals surface area contributed by atoms with E-state index in [1.165, 1.54) is 6.07 Å². The number of para-hydroxylation sites is 1. The van der Waals surface area contributed by atoms with Gasteiger partial charge in [0, 0.05) is 13.1 Å². The number of hydrogen-bond acceptors (Lipinski definition) is 5. The number of nitro benzene ring substituents is 1. The van der Waals surface area contributed by atoms with Crippen molar-refractivity contribution in [3.63, 3.8) is 0 Å². The van der Waals surface area contributed by atoms with Crippen molar-refractivity contribution in [1.29, 1.82) is 5.26 Å². The molecule has 0 saturated carbocycles. The molecule has 1 aromatic rings. The van der Waals surface area contributed by atoms with E-state index < -0.39 is 4.92 Å². The highest BCUT2D eigenvalue weighted by molar-refractivity contribution is 5.68. The maximum absolute atomic E-state index is 11.1. The lowest BCUT2D eigenvalue weighted by Gasteiger charge is -2.13. The van der Waals surface area contributed by atoms with Gasteiger partial charge in [-0.1, -0.05) is 6.07 Å². The molecule has 1 saturated heterocycles. The molecule has 1 heterocycles. The standard InChI is InChI=1S/C13H16N4O2/c1-16-6-5-10(9-16)8-15-12-4-2-3-11(7-14)13(12)17(18)19/h2-4,10,15H,5-6,8-9H2,1H3. The number of nitrogens with zero attached hydrogens (tertiary/aromatic N) is 3. The lowest BCUT2D eigenvalue weighted by Crippen LogP contribution is -2.19. The van der Waals surface area contributed by atoms with E-state index in [2.05, 4.69) is 17.3 Å². The van der Waals surface area contributed by atoms with Crippen molar-refractivity contribution in [2.75, 3.05) is 32.0 Å². The lowest BCUT2D eigenvalue weighted by atomic mass is 10.1. The molecule has 0 radical (unpaired) electrons. The van der Waals surface area contributed by atoms with Gasteiger partial charge in [-0.3, -0.25) is 10.1 Å². The molecule has 19 heavy (non-hydrogen) atoms. The Kier molecular flexibility index (Phi) is 3.97. The Balaban J connectivity index is 2.12. The summed E-state index contributed by atoms with van der Waals surface area (Å²) >= 11 is 0. The minimum atomic E-state index is -0.498. The average Bonchev–Trinajstić information content (AvgIpc) is 2.81. The topological polar surface area (TPSA) is 82.2 Å². The van der Waals surface area contributed by atoms with Gasteiger partial charge in [-0.25, -0.2) is 0 Å². The first-order valence-corrected chi connectivity index (χ1v) is 6.21. The first kappa shape index (κ1) is 13.3. The van der Waals surface area contributed by atoms with E-state index in [0.29, 0.717) is 18.2 Å². The summed E-state index contributed by atoms with van der Waals surface area (Å²) in [5.41, 5.74) is 0.397. The Morgan fingerprint density at radius 3 is 3.00 bits per heavy atom. The van der Waals surface area contributed by atoms with Crippen molar-refractivity contribution in [2.24, 2.45) is 5.92 Å². The van der Waals surface area contributed by atoms with Crippen molar-refractivity contribution in [1.82, 2.24) is 4.90 Å². The van der Waals surface area contributed by atoms with E-state index in [4.69, 9.17) is 5.26 Å². The Morgan fingerprint density at radius 1 is 1.63 bits per heavy atom. The lowest BCUT2D eigenvalue weighted by molar-refractivity contribution is -0.384. The van der Waals surface area contributed by atoms with Crippen molar-refractivity contribution in [3.05, 3.63) is 33.9 Å². The molecule has 100 valence electrons. The maximum Gasteiger partial charge on any atom is 0.309 e. The number of likely N-dealkylation sites (tertiary alicyclic amines) is 1. The van der Waals surface area contributed by atoms with Crippen LogP contribution in [0.4, 0.5) is 11.4 Å². The third-order valence-corrected chi connectivity index (χ3v) is 3.41. The Morgan fingerprint density at radius 2 is 2.42 bits per heavy atom. The minimum Gasteiger partial charge on any atom is -0.379 e. The fourth-order valence-electron chi connectivity index (χ4n) is 2.42. The molecule has 6 nitrogen and oxygen atoms in total. The predicted molar refractivity (Wildman–Crippen MR) is 71.9 cm³/mol. The molecular formula is C13H16N4O2. The van der Waals surface area contributed by atoms with E-state index >= 15 is 0 Å². The molecule has 0 amide bonds. The van der Waals surface area contributed by atoms with E-state index in [-0.39, 0.29) is 11.3 Å². The van der Waals surface area contributed by atoms with Gasteiger partial charge in [-0.05, 0) is 38.1 Å². The molecule has 1 N–H and O–H groups in total. The quantitative estimate of drug-likeness (QED) is 0.659. The fraction of sp³-hybridized carbons (Fsp3) is 0.462. The zero-order valence-electron chi connectivity index (χ0n) is 10.8. The van der Waals surface area contributed by atoms with Crippen molar-refractivity contribution in [3.8, 4) is 6.07 Å². The number of rotatable bonds is 4. The maximum atomic E-state index is 11.1. The van der Waals surface area contributed by atoms with Crippen LogP contribution < -0.4 is 5.32 Å². The summed E-state index contributed by atoms with van der Waals surface area (Å²) in [6, 6.07) is 6.64. The summed E-state index contributed by atoms with van der Waals surface area (Å²) < 4.78 is 0. The van der Waals surface area contributed by atoms with Gasteiger partial charge in [-0.15, -0.1) is 0 Å². The Labute approximate surface area is 111 Å². The highest BCUT2D eigenvalue weighted by Gasteiger charge is 2.22. The average molecular weight is 260 g/mol. The summed E-state index contributed by atoms with van der Waals surface area (Å²) in [4.78, 5) is 12.8. The molecule has 0 aliphatic carbocycles. The molecular weight excluding hydrogens is 244 g/mol. The minimum absolute atomic E-state index is 0.0959. The number of nitro groups is 1. The van der Waals surface area contributed by atoms with Gasteiger partial charge in [0.25, 0.3) is 0 Å². The predicted octanol–water partition coefficient (Wildman–Crippen LogP) is 1.83. The number of benzene rings is 1. The molecule has 1 atom stereocenters. The highest BCUT2D eigenvalue weighted by Crippen LogP contribution is 2.28. The van der Waals surface area contributed by atoms with Crippen LogP contribution in [0, 0.1) is 27.4 Å². The molecule has 1 aromatic carbocycles. The molecule has 2 rings (SSSR count). The monoisotopic (exact) mass is 260 g/mol. The van der Waals surface area contributed by atoms with Crippen molar-refractivity contribution < 1.29 is 4.92 Å². The van der Waals surface area contributed by atoms with Crippen LogP contribution in [0.2, 0.25) is 0 Å². The third kappa shape index (κ3) is 3.01. The number of nitrogens with one attached hydrogen (secondary N) is 1. The smallest absolute Gasteiger partial charge is 0.309 e. The summed E-state index contributed by atoms with van der Waals surface area (Å²) in [6.07, 6.45) is 1.09. The van der Waals surface area contributed by atoms with Crippen molar-refractivity contribution >= 4 is 11.4 Å². The fourth-order valence-corrected chi connectivity index (χ4v) is 2.42. The molecule has 1 aliphatic rings. The Hall–Kier alpha value is -2.13. The van der Waals surface area contributed by atoms with Crippen LogP contribution in [0.3, 0.4) is 0 Å². The van der Waals surface area contributed by atoms with E-state index in [0.717, 1.165) is 19.5 Å². The van der Waals surface area contributed by atoms with Gasteiger partial charge >= 0.3 is 5.69 Å². The van der Waals surface area contributed by atoms with Gasteiger partial charge in [0.05, 0.1) is 4.92 Å². The first-order valence-electron chi connectivity index (χ1n) is 6.21. The highest BCUT2D eigenvalue weighted by atomic mass is 16.6. The van der Waals surface area contributed by atoms with Crippen LogP contribution in [0.15, 0.2) is 18.2 Å². The SMILES string of the molecule is CN1CCC(CNc2cccc(C#N)c2[N+](=O)[O-])C1. The van der Waals surface area contributed by atoms with Gasteiger partial charge in [0.2, 0.25) is 0 Å². The van der Waals surface area contributed by atoms with Gasteiger partial charge < -0.3 is 10.2 Å². The molecule has 6 heteroatoms. The first-order chi connectivity index (χ1) is 9.11. The van der Waals surface area contributed by atoms with Gasteiger partial charge in [0.15, 0.2) is 0 Å². The largest absolute Gasteiger partial charge is 0.379 e. The summed E-state index contributed by atoms with van der Waals surface area (Å²) in [5, 5.41) is 23.1. The van der Waals surface area contributed by atoms with E-state index in [9.17, 15) is 10.1 Å². The Bertz CT molecular complexity index is 524. The van der Waals surface area contributed by atoms with Gasteiger partial charge in [-0.2, -0.15) is 5.26 Å². The second-order valence-corrected chi connectivity index (χ2v) is 4.87. The molecule has 1 aliphatic heterocycles. The normalized spacial score (nSPS) is 19.1. The third-order valence-electron chi connectivity index (χ3n) is 3.41. The van der Waals surface area contributed by atoms with E-state index in [1.54, 1.807) is 12.1 Å². The second kappa shape index (κ2) is 5.67. The summed E-state index contributed by atoms with van der Waals surface area (Å²) in [7, 11) is 2.07. The van der Waals surface area contributed by atoms with Crippen LogP contribution in [-0.4, -0.2) is 36.5 Å². The molecule has 0 bridgehead atoms. The molecule has 1 unspecified atom stereocenters. The second-order valence-electron chi connectivity index (χ2n) is 4.87. The van der Waals surface area contributed by atoms with Gasteiger partial charge in [0.1, 0.15) is 17.3 Å². The van der Waals surface area contributed by atoms with Crippen LogP contribution in [0.5, 0.6) is 0 Å². The molecule has 0 aromatic heterocycles. The van der Waals surface area contributed by atoms with Crippen LogP contribution >= 0.6 is 0 Å². The zero-order valence-corrected chi connectivity index (χ0v) is 10.8. The van der Waals surface area contributed by atoms with Crippen molar-refractivity contribution in [2.45, 2.75) is 6.42 Å². The number of nitriles is 1.